The second-order valence-electron chi connectivity index (χ2n) is 3.47. The van der Waals surface area contributed by atoms with E-state index in [1.165, 1.54) is 12.3 Å². The van der Waals surface area contributed by atoms with Crippen LogP contribution in [0.2, 0.25) is 0 Å². The summed E-state index contributed by atoms with van der Waals surface area (Å²) in [5.74, 6) is -0.150. The molecule has 1 heterocycles. The minimum absolute atomic E-state index is 0.228. The number of anilines is 1. The van der Waals surface area contributed by atoms with Gasteiger partial charge in [0.1, 0.15) is 11.5 Å². The maximum absolute atomic E-state index is 13.3. The molecular weight excluding hydrogens is 237 g/mol. The molecule has 6 nitrogen and oxygen atoms in total. The molecule has 0 bridgehead atoms. The highest BCUT2D eigenvalue weighted by molar-refractivity contribution is 5.80. The first kappa shape index (κ1) is 11.9. The van der Waals surface area contributed by atoms with Gasteiger partial charge in [0.05, 0.1) is 6.21 Å². The van der Waals surface area contributed by atoms with Crippen molar-refractivity contribution in [1.82, 2.24) is 15.2 Å². The summed E-state index contributed by atoms with van der Waals surface area (Å²) in [7, 11) is 0. The Morgan fingerprint density at radius 3 is 3.00 bits per heavy atom. The molecule has 0 aliphatic carbocycles. The minimum Gasteiger partial charge on any atom is -0.260 e. The SMILES string of the molecule is Cc1n[nH]c(=O)nc1NN=Cc1ccccc1F. The number of hydrogen-bond donors (Lipinski definition) is 2. The number of halogens is 1. The van der Waals surface area contributed by atoms with Crippen molar-refractivity contribution in [3.05, 3.63) is 51.8 Å². The van der Waals surface area contributed by atoms with Crippen molar-refractivity contribution in [3.63, 3.8) is 0 Å². The number of benzene rings is 1. The van der Waals surface area contributed by atoms with Crippen LogP contribution >= 0.6 is 0 Å². The fourth-order valence-electron chi connectivity index (χ4n) is 1.24. The lowest BCUT2D eigenvalue weighted by Crippen LogP contribution is -2.15. The Morgan fingerprint density at radius 1 is 1.44 bits per heavy atom. The predicted molar refractivity (Wildman–Crippen MR) is 65.0 cm³/mol. The molecule has 1 aromatic carbocycles. The summed E-state index contributed by atoms with van der Waals surface area (Å²) in [6, 6.07) is 6.20. The molecule has 18 heavy (non-hydrogen) atoms. The number of nitrogens with zero attached hydrogens (tertiary/aromatic N) is 3. The molecule has 92 valence electrons. The third kappa shape index (κ3) is 2.76. The number of nitrogens with one attached hydrogen (secondary N) is 2. The van der Waals surface area contributed by atoms with Gasteiger partial charge in [-0.05, 0) is 13.0 Å². The fraction of sp³-hybridized carbons (Fsp3) is 0.0909. The lowest BCUT2D eigenvalue weighted by atomic mass is 10.2. The monoisotopic (exact) mass is 247 g/mol. The van der Waals surface area contributed by atoms with Crippen LogP contribution < -0.4 is 11.1 Å². The van der Waals surface area contributed by atoms with Crippen molar-refractivity contribution in [3.8, 4) is 0 Å². The lowest BCUT2D eigenvalue weighted by Gasteiger charge is -2.00. The summed E-state index contributed by atoms with van der Waals surface area (Å²) in [5.41, 5.74) is 2.78. The highest BCUT2D eigenvalue weighted by Gasteiger charge is 2.00. The summed E-state index contributed by atoms with van der Waals surface area (Å²) in [6.07, 6.45) is 1.30. The van der Waals surface area contributed by atoms with Crippen LogP contribution in [0.15, 0.2) is 34.2 Å². The van der Waals surface area contributed by atoms with Crippen molar-refractivity contribution in [2.24, 2.45) is 5.10 Å². The highest BCUT2D eigenvalue weighted by Crippen LogP contribution is 2.05. The van der Waals surface area contributed by atoms with E-state index in [9.17, 15) is 9.18 Å². The van der Waals surface area contributed by atoms with Gasteiger partial charge in [0.25, 0.3) is 0 Å². The van der Waals surface area contributed by atoms with Gasteiger partial charge in [-0.1, -0.05) is 18.2 Å². The van der Waals surface area contributed by atoms with Crippen molar-refractivity contribution in [1.29, 1.82) is 0 Å². The third-order valence-corrected chi connectivity index (χ3v) is 2.15. The molecular formula is C11H10FN5O. The smallest absolute Gasteiger partial charge is 0.260 e. The molecule has 0 unspecified atom stereocenters. The van der Waals surface area contributed by atoms with E-state index in [1.807, 2.05) is 0 Å². The molecule has 0 fully saturated rings. The van der Waals surface area contributed by atoms with E-state index in [0.717, 1.165) is 0 Å². The standard InChI is InChI=1S/C11H10FN5O/c1-7-10(14-11(18)17-15-7)16-13-6-8-4-2-3-5-9(8)12/h2-6H,1H3,(H2,14,16,17,18). The second-order valence-corrected chi connectivity index (χ2v) is 3.47. The minimum atomic E-state index is -0.579. The van der Waals surface area contributed by atoms with Crippen molar-refractivity contribution in [2.45, 2.75) is 6.92 Å². The Balaban J connectivity index is 2.15. The molecule has 7 heteroatoms. The molecule has 0 radical (unpaired) electrons. The number of hydrogen-bond acceptors (Lipinski definition) is 5. The van der Waals surface area contributed by atoms with Crippen molar-refractivity contribution in [2.75, 3.05) is 5.43 Å². The molecule has 0 amide bonds. The Morgan fingerprint density at radius 2 is 2.22 bits per heavy atom. The molecule has 0 aliphatic rings. The van der Waals surface area contributed by atoms with E-state index in [0.29, 0.717) is 11.3 Å². The zero-order chi connectivity index (χ0) is 13.0. The fourth-order valence-corrected chi connectivity index (χ4v) is 1.24. The van der Waals surface area contributed by atoms with Crippen LogP contribution in [0.25, 0.3) is 0 Å². The average Bonchev–Trinajstić information content (AvgIpc) is 2.36. The largest absolute Gasteiger partial charge is 0.363 e. The van der Waals surface area contributed by atoms with Crippen molar-refractivity contribution < 1.29 is 4.39 Å². The van der Waals surface area contributed by atoms with Crippen LogP contribution in [0.3, 0.4) is 0 Å². The van der Waals surface area contributed by atoms with Crippen LogP contribution in [-0.4, -0.2) is 21.4 Å². The molecule has 0 aliphatic heterocycles. The molecule has 0 spiro atoms. The van der Waals surface area contributed by atoms with Crippen LogP contribution in [0.5, 0.6) is 0 Å². The number of H-pyrrole nitrogens is 1. The maximum Gasteiger partial charge on any atom is 0.363 e. The first-order valence-electron chi connectivity index (χ1n) is 5.14. The van der Waals surface area contributed by atoms with Gasteiger partial charge in [-0.2, -0.15) is 15.2 Å². The maximum atomic E-state index is 13.3. The topological polar surface area (TPSA) is 83.0 Å². The summed E-state index contributed by atoms with van der Waals surface area (Å²) < 4.78 is 13.3. The van der Waals surface area contributed by atoms with E-state index in [-0.39, 0.29) is 11.6 Å². The molecule has 2 aromatic rings. The summed E-state index contributed by atoms with van der Waals surface area (Å²) in [6.45, 7) is 1.66. The molecule has 2 rings (SSSR count). The second kappa shape index (κ2) is 5.17. The third-order valence-electron chi connectivity index (χ3n) is 2.15. The van der Waals surface area contributed by atoms with Crippen LogP contribution in [-0.2, 0) is 0 Å². The molecule has 1 aromatic heterocycles. The van der Waals surface area contributed by atoms with E-state index < -0.39 is 5.69 Å². The number of aryl methyl sites for hydroxylation is 1. The van der Waals surface area contributed by atoms with E-state index in [2.05, 4.69) is 25.7 Å². The highest BCUT2D eigenvalue weighted by atomic mass is 19.1. The van der Waals surface area contributed by atoms with Gasteiger partial charge < -0.3 is 0 Å². The van der Waals surface area contributed by atoms with Gasteiger partial charge in [-0.3, -0.25) is 5.43 Å². The number of rotatable bonds is 3. The predicted octanol–water partition coefficient (Wildman–Crippen LogP) is 1.06. The first-order chi connectivity index (χ1) is 8.66. The van der Waals surface area contributed by atoms with Crippen LogP contribution in [0.4, 0.5) is 10.2 Å². The normalized spacial score (nSPS) is 10.8. The van der Waals surface area contributed by atoms with Gasteiger partial charge in [0.15, 0.2) is 5.82 Å². The van der Waals surface area contributed by atoms with Gasteiger partial charge in [-0.25, -0.2) is 14.3 Å². The zero-order valence-corrected chi connectivity index (χ0v) is 9.51. The van der Waals surface area contributed by atoms with Gasteiger partial charge in [0.2, 0.25) is 0 Å². The summed E-state index contributed by atoms with van der Waals surface area (Å²) in [5, 5.41) is 9.70. The quantitative estimate of drug-likeness (QED) is 0.627. The molecule has 0 saturated carbocycles. The summed E-state index contributed by atoms with van der Waals surface area (Å²) in [4.78, 5) is 14.6. The van der Waals surface area contributed by atoms with E-state index >= 15 is 0 Å². The van der Waals surface area contributed by atoms with Gasteiger partial charge in [0, 0.05) is 5.56 Å². The van der Waals surface area contributed by atoms with Crippen LogP contribution in [0, 0.1) is 12.7 Å². The Hall–Kier alpha value is -2.57. The Bertz CT molecular complexity index is 637. The zero-order valence-electron chi connectivity index (χ0n) is 9.51. The number of aromatic nitrogens is 3. The first-order valence-corrected chi connectivity index (χ1v) is 5.14. The number of aromatic amines is 1. The summed E-state index contributed by atoms with van der Waals surface area (Å²) >= 11 is 0. The van der Waals surface area contributed by atoms with Crippen molar-refractivity contribution >= 4 is 12.0 Å². The lowest BCUT2D eigenvalue weighted by molar-refractivity contribution is 0.626. The number of hydrazone groups is 1. The molecule has 0 saturated heterocycles. The van der Waals surface area contributed by atoms with E-state index in [4.69, 9.17) is 0 Å². The molecule has 0 atom stereocenters. The average molecular weight is 247 g/mol. The Labute approximate surface area is 102 Å². The van der Waals surface area contributed by atoms with Gasteiger partial charge in [-0.15, -0.1) is 0 Å². The van der Waals surface area contributed by atoms with Crippen LogP contribution in [0.1, 0.15) is 11.3 Å². The molecule has 2 N–H and O–H groups in total. The Kier molecular flexibility index (Phi) is 3.42. The van der Waals surface area contributed by atoms with E-state index in [1.54, 1.807) is 25.1 Å². The van der Waals surface area contributed by atoms with Gasteiger partial charge >= 0.3 is 5.69 Å².